The molecule has 1 atom stereocenters. The first-order valence-corrected chi connectivity index (χ1v) is 8.93. The zero-order chi connectivity index (χ0) is 16.1. The van der Waals surface area contributed by atoms with Crippen LogP contribution in [-0.4, -0.2) is 39.7 Å². The molecular weight excluding hydrogens is 304 g/mol. The fourth-order valence-corrected chi connectivity index (χ4v) is 4.42. The van der Waals surface area contributed by atoms with E-state index in [-0.39, 0.29) is 23.1 Å². The van der Waals surface area contributed by atoms with Crippen LogP contribution in [0.2, 0.25) is 0 Å². The molecule has 1 aliphatic heterocycles. The third kappa shape index (κ3) is 2.58. The van der Waals surface area contributed by atoms with Crippen molar-refractivity contribution in [1.29, 1.82) is 0 Å². The van der Waals surface area contributed by atoms with Crippen molar-refractivity contribution >= 4 is 9.84 Å². The lowest BCUT2D eigenvalue weighted by Crippen LogP contribution is -2.18. The summed E-state index contributed by atoms with van der Waals surface area (Å²) >= 11 is 0. The lowest BCUT2D eigenvalue weighted by molar-refractivity contribution is 0.501. The molecular formula is C14H18N4O3S. The van der Waals surface area contributed by atoms with Crippen LogP contribution < -0.4 is 5.56 Å². The van der Waals surface area contributed by atoms with Gasteiger partial charge in [0.05, 0.1) is 23.1 Å². The molecule has 2 aromatic rings. The molecule has 22 heavy (non-hydrogen) atoms. The van der Waals surface area contributed by atoms with Gasteiger partial charge in [0.2, 0.25) is 0 Å². The van der Waals surface area contributed by atoms with Crippen molar-refractivity contribution in [3.63, 3.8) is 0 Å². The first kappa shape index (κ1) is 15.0. The Bertz CT molecular complexity index is 895. The SMILES string of the molecule is Cc1nc(-c2cc(C)c(C)[nH]c2=O)n([C@@H]2CCS(=O)(=O)C2)n1. The van der Waals surface area contributed by atoms with Gasteiger partial charge in [-0.1, -0.05) is 0 Å². The van der Waals surface area contributed by atoms with E-state index in [9.17, 15) is 13.2 Å². The van der Waals surface area contributed by atoms with Crippen LogP contribution in [0.5, 0.6) is 0 Å². The van der Waals surface area contributed by atoms with Crippen molar-refractivity contribution in [1.82, 2.24) is 19.7 Å². The van der Waals surface area contributed by atoms with Crippen molar-refractivity contribution in [3.05, 3.63) is 33.5 Å². The molecule has 3 heterocycles. The zero-order valence-corrected chi connectivity index (χ0v) is 13.6. The molecule has 0 amide bonds. The first-order valence-electron chi connectivity index (χ1n) is 7.11. The van der Waals surface area contributed by atoms with E-state index in [1.165, 1.54) is 0 Å². The number of H-pyrrole nitrogens is 1. The maximum absolute atomic E-state index is 12.2. The summed E-state index contributed by atoms with van der Waals surface area (Å²) in [5, 5.41) is 4.32. The van der Waals surface area contributed by atoms with Gasteiger partial charge in [0.15, 0.2) is 15.7 Å². The Kier molecular flexibility index (Phi) is 3.43. The Morgan fingerprint density at radius 1 is 1.32 bits per heavy atom. The summed E-state index contributed by atoms with van der Waals surface area (Å²) in [6, 6.07) is 1.51. The highest BCUT2D eigenvalue weighted by Crippen LogP contribution is 2.27. The lowest BCUT2D eigenvalue weighted by Gasteiger charge is -2.12. The van der Waals surface area contributed by atoms with Crippen LogP contribution in [0.3, 0.4) is 0 Å². The minimum Gasteiger partial charge on any atom is -0.326 e. The normalized spacial score (nSPS) is 20.4. The highest BCUT2D eigenvalue weighted by Gasteiger charge is 2.32. The van der Waals surface area contributed by atoms with Gasteiger partial charge in [-0.15, -0.1) is 0 Å². The van der Waals surface area contributed by atoms with Gasteiger partial charge in [-0.3, -0.25) is 4.79 Å². The Morgan fingerprint density at radius 2 is 2.05 bits per heavy atom. The molecule has 0 bridgehead atoms. The van der Waals surface area contributed by atoms with E-state index in [1.54, 1.807) is 17.7 Å². The number of rotatable bonds is 2. The standard InChI is InChI=1S/C14H18N4O3S/c1-8-6-12(14(19)15-9(8)2)13-16-10(3)17-18(13)11-4-5-22(20,21)7-11/h6,11H,4-5,7H2,1-3H3,(H,15,19)/t11-/m1/s1. The summed E-state index contributed by atoms with van der Waals surface area (Å²) in [6.45, 7) is 5.47. The molecule has 1 N–H and O–H groups in total. The fraction of sp³-hybridized carbons (Fsp3) is 0.500. The molecule has 0 saturated carbocycles. The summed E-state index contributed by atoms with van der Waals surface area (Å²) in [5.74, 6) is 1.16. The monoisotopic (exact) mass is 322 g/mol. The van der Waals surface area contributed by atoms with Gasteiger partial charge in [-0.05, 0) is 38.8 Å². The predicted molar refractivity (Wildman–Crippen MR) is 82.6 cm³/mol. The number of aryl methyl sites for hydroxylation is 3. The van der Waals surface area contributed by atoms with Gasteiger partial charge in [0.25, 0.3) is 5.56 Å². The van der Waals surface area contributed by atoms with Gasteiger partial charge >= 0.3 is 0 Å². The minimum atomic E-state index is -3.03. The molecule has 118 valence electrons. The van der Waals surface area contributed by atoms with Crippen LogP contribution in [0.15, 0.2) is 10.9 Å². The molecule has 0 aliphatic carbocycles. The van der Waals surface area contributed by atoms with Gasteiger partial charge < -0.3 is 4.98 Å². The Morgan fingerprint density at radius 3 is 2.68 bits per heavy atom. The average Bonchev–Trinajstić information content (AvgIpc) is 2.96. The minimum absolute atomic E-state index is 0.0472. The first-order chi connectivity index (χ1) is 10.3. The summed E-state index contributed by atoms with van der Waals surface area (Å²) in [6.07, 6.45) is 0.501. The van der Waals surface area contributed by atoms with Crippen molar-refractivity contribution in [3.8, 4) is 11.4 Å². The summed E-state index contributed by atoms with van der Waals surface area (Å²) < 4.78 is 25.0. The van der Waals surface area contributed by atoms with Crippen LogP contribution in [0.4, 0.5) is 0 Å². The predicted octanol–water partition coefficient (Wildman–Crippen LogP) is 0.918. The topological polar surface area (TPSA) is 97.7 Å². The lowest BCUT2D eigenvalue weighted by atomic mass is 10.1. The molecule has 1 saturated heterocycles. The zero-order valence-electron chi connectivity index (χ0n) is 12.8. The van der Waals surface area contributed by atoms with Gasteiger partial charge in [0.1, 0.15) is 5.82 Å². The van der Waals surface area contributed by atoms with E-state index >= 15 is 0 Å². The molecule has 1 fully saturated rings. The Balaban J connectivity index is 2.13. The maximum Gasteiger partial charge on any atom is 0.259 e. The third-order valence-electron chi connectivity index (χ3n) is 4.03. The second-order valence-corrected chi connectivity index (χ2v) is 8.03. The van der Waals surface area contributed by atoms with Crippen LogP contribution in [0, 0.1) is 20.8 Å². The highest BCUT2D eigenvalue weighted by atomic mass is 32.2. The molecule has 3 rings (SSSR count). The molecule has 0 spiro atoms. The molecule has 0 aromatic carbocycles. The fourth-order valence-electron chi connectivity index (χ4n) is 2.73. The molecule has 7 nitrogen and oxygen atoms in total. The molecule has 1 aliphatic rings. The number of hydrogen-bond donors (Lipinski definition) is 1. The Hall–Kier alpha value is -1.96. The van der Waals surface area contributed by atoms with E-state index in [2.05, 4.69) is 15.1 Å². The number of nitrogens with zero attached hydrogens (tertiary/aromatic N) is 3. The smallest absolute Gasteiger partial charge is 0.259 e. The van der Waals surface area contributed by atoms with Crippen molar-refractivity contribution in [2.24, 2.45) is 0 Å². The van der Waals surface area contributed by atoms with Crippen LogP contribution in [-0.2, 0) is 9.84 Å². The quantitative estimate of drug-likeness (QED) is 0.886. The van der Waals surface area contributed by atoms with Crippen LogP contribution >= 0.6 is 0 Å². The highest BCUT2D eigenvalue weighted by molar-refractivity contribution is 7.91. The number of hydrogen-bond acceptors (Lipinski definition) is 5. The second-order valence-electron chi connectivity index (χ2n) is 5.80. The van der Waals surface area contributed by atoms with Crippen LogP contribution in [0.1, 0.15) is 29.5 Å². The molecule has 2 aromatic heterocycles. The molecule has 0 radical (unpaired) electrons. The number of sulfone groups is 1. The summed E-state index contributed by atoms with van der Waals surface area (Å²) in [5.41, 5.74) is 1.94. The van der Waals surface area contributed by atoms with Crippen molar-refractivity contribution in [2.45, 2.75) is 33.2 Å². The van der Waals surface area contributed by atoms with E-state index < -0.39 is 9.84 Å². The third-order valence-corrected chi connectivity index (χ3v) is 5.78. The summed E-state index contributed by atoms with van der Waals surface area (Å²) in [4.78, 5) is 19.4. The maximum atomic E-state index is 12.2. The number of aromatic nitrogens is 4. The van der Waals surface area contributed by atoms with Gasteiger partial charge in [-0.2, -0.15) is 5.10 Å². The van der Waals surface area contributed by atoms with E-state index in [0.29, 0.717) is 23.6 Å². The van der Waals surface area contributed by atoms with Crippen LogP contribution in [0.25, 0.3) is 11.4 Å². The van der Waals surface area contributed by atoms with Crippen molar-refractivity contribution < 1.29 is 8.42 Å². The average molecular weight is 322 g/mol. The number of pyridine rings is 1. The Labute approximate surface area is 128 Å². The second kappa shape index (κ2) is 5.05. The van der Waals surface area contributed by atoms with E-state index in [4.69, 9.17) is 0 Å². The number of aromatic amines is 1. The number of nitrogens with one attached hydrogen (secondary N) is 1. The largest absolute Gasteiger partial charge is 0.326 e. The summed E-state index contributed by atoms with van der Waals surface area (Å²) in [7, 11) is -3.03. The molecule has 0 unspecified atom stereocenters. The van der Waals surface area contributed by atoms with Crippen molar-refractivity contribution in [2.75, 3.05) is 11.5 Å². The molecule has 8 heteroatoms. The van der Waals surface area contributed by atoms with E-state index in [0.717, 1.165) is 11.3 Å². The van der Waals surface area contributed by atoms with E-state index in [1.807, 2.05) is 13.8 Å². The van der Waals surface area contributed by atoms with Gasteiger partial charge in [-0.25, -0.2) is 18.1 Å². The van der Waals surface area contributed by atoms with Gasteiger partial charge in [0, 0.05) is 5.69 Å².